The van der Waals surface area contributed by atoms with Crippen LogP contribution >= 0.6 is 0 Å². The first-order chi connectivity index (χ1) is 12.0. The van der Waals surface area contributed by atoms with Crippen LogP contribution in [0, 0.1) is 0 Å². The zero-order chi connectivity index (χ0) is 18.2. The van der Waals surface area contributed by atoms with Crippen LogP contribution in [0.1, 0.15) is 32.8 Å². The number of nitrogens with zero attached hydrogens (tertiary/aromatic N) is 4. The SMILES string of the molecule is CCCNC(=O)[C@H](C)NC(=O)Cn1nnc(-c2ccc(CC)cc2)n1. The Hall–Kier alpha value is -2.77. The minimum atomic E-state index is -0.608. The number of aromatic nitrogens is 4. The summed E-state index contributed by atoms with van der Waals surface area (Å²) in [4.78, 5) is 25.0. The standard InChI is InChI=1S/C17H24N6O2/c1-4-10-18-17(25)12(3)19-15(24)11-23-21-16(20-22-23)14-8-6-13(5-2)7-9-14/h6-9,12H,4-5,10-11H2,1-3H3,(H,18,25)(H,19,24)/t12-/m0/s1. The Balaban J connectivity index is 1.91. The van der Waals surface area contributed by atoms with Gasteiger partial charge in [-0.1, -0.05) is 38.1 Å². The molecule has 0 radical (unpaired) electrons. The molecule has 25 heavy (non-hydrogen) atoms. The van der Waals surface area contributed by atoms with E-state index in [1.165, 1.54) is 10.4 Å². The number of hydrogen-bond donors (Lipinski definition) is 2. The lowest BCUT2D eigenvalue weighted by atomic mass is 10.1. The lowest BCUT2D eigenvalue weighted by molar-refractivity contribution is -0.129. The summed E-state index contributed by atoms with van der Waals surface area (Å²) in [6.07, 6.45) is 1.81. The predicted molar refractivity (Wildman–Crippen MR) is 93.5 cm³/mol. The van der Waals surface area contributed by atoms with E-state index < -0.39 is 6.04 Å². The van der Waals surface area contributed by atoms with Crippen molar-refractivity contribution in [1.82, 2.24) is 30.8 Å². The third-order valence-electron chi connectivity index (χ3n) is 3.68. The number of aryl methyl sites for hydroxylation is 1. The molecular weight excluding hydrogens is 320 g/mol. The summed E-state index contributed by atoms with van der Waals surface area (Å²) in [5.74, 6) is -0.0907. The van der Waals surface area contributed by atoms with Crippen LogP contribution in [0.3, 0.4) is 0 Å². The average molecular weight is 344 g/mol. The molecule has 1 heterocycles. The van der Waals surface area contributed by atoms with Crippen LogP contribution in [0.4, 0.5) is 0 Å². The van der Waals surface area contributed by atoms with Gasteiger partial charge in [-0.15, -0.1) is 10.2 Å². The second-order valence-electron chi connectivity index (χ2n) is 5.77. The highest BCUT2D eigenvalue weighted by Gasteiger charge is 2.16. The van der Waals surface area contributed by atoms with Crippen LogP contribution in [-0.2, 0) is 22.6 Å². The lowest BCUT2D eigenvalue weighted by Gasteiger charge is -2.13. The van der Waals surface area contributed by atoms with Crippen LogP contribution in [0.2, 0.25) is 0 Å². The summed E-state index contributed by atoms with van der Waals surface area (Å²) in [7, 11) is 0. The quantitative estimate of drug-likeness (QED) is 0.742. The number of rotatable bonds is 8. The zero-order valence-corrected chi connectivity index (χ0v) is 14.8. The fourth-order valence-electron chi connectivity index (χ4n) is 2.20. The van der Waals surface area contributed by atoms with Gasteiger partial charge in [0.15, 0.2) is 0 Å². The van der Waals surface area contributed by atoms with E-state index in [1.807, 2.05) is 31.2 Å². The monoisotopic (exact) mass is 344 g/mol. The van der Waals surface area contributed by atoms with Gasteiger partial charge in [0.2, 0.25) is 17.6 Å². The van der Waals surface area contributed by atoms with Gasteiger partial charge in [-0.2, -0.15) is 4.80 Å². The Morgan fingerprint density at radius 2 is 1.92 bits per heavy atom. The van der Waals surface area contributed by atoms with Gasteiger partial charge in [0.25, 0.3) is 0 Å². The maximum absolute atomic E-state index is 12.0. The van der Waals surface area contributed by atoms with Gasteiger partial charge >= 0.3 is 0 Å². The van der Waals surface area contributed by atoms with Gasteiger partial charge in [0.05, 0.1) is 0 Å². The van der Waals surface area contributed by atoms with Crippen LogP contribution < -0.4 is 10.6 Å². The second kappa shape index (κ2) is 8.91. The fourth-order valence-corrected chi connectivity index (χ4v) is 2.20. The molecule has 0 saturated heterocycles. The van der Waals surface area contributed by atoms with E-state index in [9.17, 15) is 9.59 Å². The summed E-state index contributed by atoms with van der Waals surface area (Å²) in [6.45, 7) is 6.19. The molecule has 8 nitrogen and oxygen atoms in total. The third kappa shape index (κ3) is 5.37. The summed E-state index contributed by atoms with van der Waals surface area (Å²) in [5, 5.41) is 17.4. The molecule has 0 saturated carbocycles. The summed E-state index contributed by atoms with van der Waals surface area (Å²) in [5.41, 5.74) is 2.07. The first kappa shape index (κ1) is 18.6. The summed E-state index contributed by atoms with van der Waals surface area (Å²) in [6, 6.07) is 7.28. The highest BCUT2D eigenvalue weighted by Crippen LogP contribution is 2.14. The number of carbonyl (C=O) groups excluding carboxylic acids is 2. The number of benzene rings is 1. The van der Waals surface area contributed by atoms with Crippen molar-refractivity contribution in [2.24, 2.45) is 0 Å². The van der Waals surface area contributed by atoms with Gasteiger partial charge < -0.3 is 10.6 Å². The molecular formula is C17H24N6O2. The highest BCUT2D eigenvalue weighted by molar-refractivity contribution is 5.87. The minimum Gasteiger partial charge on any atom is -0.354 e. The topological polar surface area (TPSA) is 102 Å². The number of tetrazole rings is 1. The van der Waals surface area contributed by atoms with Gasteiger partial charge in [-0.3, -0.25) is 9.59 Å². The normalized spacial score (nSPS) is 11.8. The molecule has 1 aromatic carbocycles. The van der Waals surface area contributed by atoms with Gasteiger partial charge in [-0.25, -0.2) is 0 Å². The Bertz CT molecular complexity index is 710. The van der Waals surface area contributed by atoms with Crippen molar-refractivity contribution in [2.75, 3.05) is 6.54 Å². The molecule has 0 bridgehead atoms. The van der Waals surface area contributed by atoms with Crippen molar-refractivity contribution in [2.45, 2.75) is 46.2 Å². The Kier molecular flexibility index (Phi) is 6.62. The predicted octanol–water partition coefficient (Wildman–Crippen LogP) is 0.933. The molecule has 1 aromatic heterocycles. The third-order valence-corrected chi connectivity index (χ3v) is 3.68. The zero-order valence-electron chi connectivity index (χ0n) is 14.8. The second-order valence-corrected chi connectivity index (χ2v) is 5.77. The van der Waals surface area contributed by atoms with E-state index in [1.54, 1.807) is 6.92 Å². The maximum Gasteiger partial charge on any atom is 0.244 e. The molecule has 1 atom stereocenters. The molecule has 2 rings (SSSR count). The van der Waals surface area contributed by atoms with E-state index in [0.29, 0.717) is 12.4 Å². The average Bonchev–Trinajstić information content (AvgIpc) is 3.07. The van der Waals surface area contributed by atoms with Crippen molar-refractivity contribution < 1.29 is 9.59 Å². The first-order valence-electron chi connectivity index (χ1n) is 8.47. The van der Waals surface area contributed by atoms with E-state index in [0.717, 1.165) is 18.4 Å². The highest BCUT2D eigenvalue weighted by atomic mass is 16.2. The molecule has 0 unspecified atom stereocenters. The molecule has 0 aliphatic rings. The minimum absolute atomic E-state index is 0.0918. The summed E-state index contributed by atoms with van der Waals surface area (Å²) >= 11 is 0. The van der Waals surface area contributed by atoms with Gasteiger partial charge in [0.1, 0.15) is 12.6 Å². The largest absolute Gasteiger partial charge is 0.354 e. The van der Waals surface area contributed by atoms with Crippen LogP contribution in [0.15, 0.2) is 24.3 Å². The molecule has 8 heteroatoms. The van der Waals surface area contributed by atoms with Crippen molar-refractivity contribution in [1.29, 1.82) is 0 Å². The molecule has 134 valence electrons. The lowest BCUT2D eigenvalue weighted by Crippen LogP contribution is -2.46. The van der Waals surface area contributed by atoms with E-state index in [-0.39, 0.29) is 18.4 Å². The van der Waals surface area contributed by atoms with Crippen molar-refractivity contribution in [3.8, 4) is 11.4 Å². The molecule has 2 amide bonds. The molecule has 2 aromatic rings. The first-order valence-corrected chi connectivity index (χ1v) is 8.47. The smallest absolute Gasteiger partial charge is 0.244 e. The van der Waals surface area contributed by atoms with E-state index in [2.05, 4.69) is 33.0 Å². The van der Waals surface area contributed by atoms with Crippen molar-refractivity contribution >= 4 is 11.8 Å². The Labute approximate surface area is 147 Å². The fraction of sp³-hybridized carbons (Fsp3) is 0.471. The van der Waals surface area contributed by atoms with Gasteiger partial charge in [-0.05, 0) is 30.5 Å². The van der Waals surface area contributed by atoms with Crippen LogP contribution in [0.25, 0.3) is 11.4 Å². The summed E-state index contributed by atoms with van der Waals surface area (Å²) < 4.78 is 0. The van der Waals surface area contributed by atoms with Crippen LogP contribution in [0.5, 0.6) is 0 Å². The van der Waals surface area contributed by atoms with Crippen LogP contribution in [-0.4, -0.2) is 44.6 Å². The van der Waals surface area contributed by atoms with E-state index >= 15 is 0 Å². The molecule has 2 N–H and O–H groups in total. The molecule has 0 spiro atoms. The number of carbonyl (C=O) groups is 2. The number of hydrogen-bond acceptors (Lipinski definition) is 5. The van der Waals surface area contributed by atoms with E-state index in [4.69, 9.17) is 0 Å². The van der Waals surface area contributed by atoms with Crippen molar-refractivity contribution in [3.63, 3.8) is 0 Å². The number of nitrogens with one attached hydrogen (secondary N) is 2. The van der Waals surface area contributed by atoms with Crippen molar-refractivity contribution in [3.05, 3.63) is 29.8 Å². The molecule has 0 aliphatic carbocycles. The van der Waals surface area contributed by atoms with Gasteiger partial charge in [0, 0.05) is 12.1 Å². The number of amides is 2. The molecule has 0 fully saturated rings. The Morgan fingerprint density at radius 1 is 1.20 bits per heavy atom. The Morgan fingerprint density at radius 3 is 2.56 bits per heavy atom. The molecule has 0 aliphatic heterocycles. The maximum atomic E-state index is 12.0.